The Labute approximate surface area is 144 Å². The highest BCUT2D eigenvalue weighted by molar-refractivity contribution is 7.11. The van der Waals surface area contributed by atoms with E-state index in [4.69, 9.17) is 9.63 Å². The molecule has 0 aliphatic rings. The average Bonchev–Trinajstić information content (AvgIpc) is 3.22. The Hall–Kier alpha value is -2.72. The third kappa shape index (κ3) is 3.86. The first-order chi connectivity index (χ1) is 12.1. The van der Waals surface area contributed by atoms with Crippen molar-refractivity contribution in [2.75, 3.05) is 6.54 Å². The topological polar surface area (TPSA) is 101 Å². The third-order valence-electron chi connectivity index (χ3n) is 3.23. The fourth-order valence-corrected chi connectivity index (χ4v) is 2.72. The van der Waals surface area contributed by atoms with Gasteiger partial charge >= 0.3 is 0 Å². The SMILES string of the molecule is O=C(NCCc1nnc(CO)s1)c1noc(-c2ccc(F)cc2)c1F. The smallest absolute Gasteiger partial charge is 0.276 e. The van der Waals surface area contributed by atoms with Gasteiger partial charge in [-0.05, 0) is 24.3 Å². The molecule has 0 spiro atoms. The van der Waals surface area contributed by atoms with Crippen LogP contribution in [0.2, 0.25) is 0 Å². The van der Waals surface area contributed by atoms with E-state index in [1.807, 2.05) is 0 Å². The van der Waals surface area contributed by atoms with Crippen molar-refractivity contribution in [2.45, 2.75) is 13.0 Å². The number of aliphatic hydroxyl groups excluding tert-OH is 1. The van der Waals surface area contributed by atoms with Crippen LogP contribution in [-0.2, 0) is 13.0 Å². The molecule has 0 saturated carbocycles. The van der Waals surface area contributed by atoms with Crippen LogP contribution in [0.15, 0.2) is 28.8 Å². The molecule has 1 amide bonds. The summed E-state index contributed by atoms with van der Waals surface area (Å²) in [6, 6.07) is 4.96. The highest BCUT2D eigenvalue weighted by Gasteiger charge is 2.23. The summed E-state index contributed by atoms with van der Waals surface area (Å²) in [5.74, 6) is -2.35. The molecule has 0 radical (unpaired) electrons. The number of carbonyl (C=O) groups excluding carboxylic acids is 1. The van der Waals surface area contributed by atoms with Crippen LogP contribution in [0.1, 0.15) is 20.5 Å². The lowest BCUT2D eigenvalue weighted by atomic mass is 10.1. The number of hydrogen-bond acceptors (Lipinski definition) is 7. The molecule has 2 heterocycles. The largest absolute Gasteiger partial charge is 0.389 e. The van der Waals surface area contributed by atoms with Gasteiger partial charge in [-0.3, -0.25) is 4.79 Å². The van der Waals surface area contributed by atoms with Crippen LogP contribution in [0.25, 0.3) is 11.3 Å². The van der Waals surface area contributed by atoms with E-state index < -0.39 is 23.2 Å². The lowest BCUT2D eigenvalue weighted by Crippen LogP contribution is -2.26. The Balaban J connectivity index is 1.63. The van der Waals surface area contributed by atoms with Gasteiger partial charge < -0.3 is 14.9 Å². The Morgan fingerprint density at radius 3 is 2.60 bits per heavy atom. The monoisotopic (exact) mass is 366 g/mol. The number of nitrogens with one attached hydrogen (secondary N) is 1. The molecule has 1 aromatic carbocycles. The van der Waals surface area contributed by atoms with Gasteiger partial charge in [-0.15, -0.1) is 10.2 Å². The minimum atomic E-state index is -0.914. The number of halogens is 2. The summed E-state index contributed by atoms with van der Waals surface area (Å²) < 4.78 is 32.1. The number of hydrogen-bond donors (Lipinski definition) is 2. The Bertz CT molecular complexity index is 879. The lowest BCUT2D eigenvalue weighted by Gasteiger charge is -2.00. The molecule has 0 unspecified atom stereocenters. The molecule has 2 aromatic heterocycles. The second-order valence-corrected chi connectivity index (χ2v) is 6.08. The van der Waals surface area contributed by atoms with Crippen molar-refractivity contribution >= 4 is 17.2 Å². The first kappa shape index (κ1) is 17.1. The average molecular weight is 366 g/mol. The molecule has 3 aromatic rings. The standard InChI is InChI=1S/C15H12F2N4O3S/c16-9-3-1-8(2-4-9)14-12(17)13(21-24-14)15(23)18-6-5-10-19-20-11(7-22)25-10/h1-4,22H,5-7H2,(H,18,23). The Morgan fingerprint density at radius 1 is 1.20 bits per heavy atom. The number of carbonyl (C=O) groups is 1. The zero-order valence-corrected chi connectivity index (χ0v) is 13.5. The fraction of sp³-hybridized carbons (Fsp3) is 0.200. The molecule has 130 valence electrons. The minimum Gasteiger partial charge on any atom is -0.389 e. The maximum Gasteiger partial charge on any atom is 0.276 e. The van der Waals surface area contributed by atoms with Crippen LogP contribution in [0.3, 0.4) is 0 Å². The van der Waals surface area contributed by atoms with Gasteiger partial charge in [-0.2, -0.15) is 4.39 Å². The Kier molecular flexibility index (Phi) is 5.10. The summed E-state index contributed by atoms with van der Waals surface area (Å²) in [5, 5.41) is 23.6. The molecule has 7 nitrogen and oxygen atoms in total. The van der Waals surface area contributed by atoms with Crippen LogP contribution < -0.4 is 5.32 Å². The summed E-state index contributed by atoms with van der Waals surface area (Å²) in [6.45, 7) is -0.00256. The first-order valence-corrected chi connectivity index (χ1v) is 8.01. The van der Waals surface area contributed by atoms with Crippen molar-refractivity contribution in [1.29, 1.82) is 0 Å². The van der Waals surface area contributed by atoms with Gasteiger partial charge in [0.05, 0.1) is 6.61 Å². The van der Waals surface area contributed by atoms with Crippen LogP contribution in [0.5, 0.6) is 0 Å². The van der Waals surface area contributed by atoms with Gasteiger partial charge in [-0.1, -0.05) is 16.5 Å². The summed E-state index contributed by atoms with van der Waals surface area (Å²) in [6.07, 6.45) is 0.383. The maximum absolute atomic E-state index is 14.3. The van der Waals surface area contributed by atoms with Gasteiger partial charge in [-0.25, -0.2) is 4.39 Å². The van der Waals surface area contributed by atoms with E-state index >= 15 is 0 Å². The van der Waals surface area contributed by atoms with Crippen molar-refractivity contribution in [3.05, 3.63) is 51.6 Å². The van der Waals surface area contributed by atoms with Gasteiger partial charge in [0.1, 0.15) is 15.8 Å². The fourth-order valence-electron chi connectivity index (χ4n) is 2.02. The highest BCUT2D eigenvalue weighted by atomic mass is 32.1. The highest BCUT2D eigenvalue weighted by Crippen LogP contribution is 2.25. The molecular weight excluding hydrogens is 354 g/mol. The molecule has 0 aliphatic heterocycles. The van der Waals surface area contributed by atoms with Crippen LogP contribution in [0.4, 0.5) is 8.78 Å². The van der Waals surface area contributed by atoms with E-state index in [0.717, 1.165) is 12.1 Å². The zero-order chi connectivity index (χ0) is 17.8. The summed E-state index contributed by atoms with van der Waals surface area (Å²) in [5.41, 5.74) is -0.205. The first-order valence-electron chi connectivity index (χ1n) is 7.20. The lowest BCUT2D eigenvalue weighted by molar-refractivity contribution is 0.0941. The van der Waals surface area contributed by atoms with Crippen molar-refractivity contribution in [3.63, 3.8) is 0 Å². The molecule has 10 heteroatoms. The van der Waals surface area contributed by atoms with E-state index in [9.17, 15) is 13.6 Å². The van der Waals surface area contributed by atoms with Crippen molar-refractivity contribution in [3.8, 4) is 11.3 Å². The normalized spacial score (nSPS) is 10.8. The summed E-state index contributed by atoms with van der Waals surface area (Å²) in [7, 11) is 0. The van der Waals surface area contributed by atoms with E-state index in [0.29, 0.717) is 16.4 Å². The number of aliphatic hydroxyl groups is 1. The van der Waals surface area contributed by atoms with Crippen molar-refractivity contribution in [1.82, 2.24) is 20.7 Å². The molecular formula is C15H12F2N4O3S. The predicted molar refractivity (Wildman–Crippen MR) is 83.7 cm³/mol. The van der Waals surface area contributed by atoms with E-state index in [-0.39, 0.29) is 24.5 Å². The minimum absolute atomic E-state index is 0.192. The quantitative estimate of drug-likeness (QED) is 0.691. The predicted octanol–water partition coefficient (Wildman–Crippen LogP) is 1.94. The maximum atomic E-state index is 14.3. The molecule has 0 aliphatic carbocycles. The molecule has 0 atom stereocenters. The molecule has 0 saturated heterocycles. The molecule has 3 rings (SSSR count). The van der Waals surface area contributed by atoms with Crippen LogP contribution in [-0.4, -0.2) is 32.9 Å². The second-order valence-electron chi connectivity index (χ2n) is 4.93. The second kappa shape index (κ2) is 7.45. The van der Waals surface area contributed by atoms with Gasteiger partial charge in [0, 0.05) is 18.5 Å². The van der Waals surface area contributed by atoms with Crippen LogP contribution >= 0.6 is 11.3 Å². The number of aromatic nitrogens is 3. The zero-order valence-electron chi connectivity index (χ0n) is 12.7. The molecule has 0 fully saturated rings. The van der Waals surface area contributed by atoms with Gasteiger partial charge in [0.25, 0.3) is 5.91 Å². The number of amides is 1. The van der Waals surface area contributed by atoms with Gasteiger partial charge in [0.15, 0.2) is 0 Å². The van der Waals surface area contributed by atoms with E-state index in [2.05, 4.69) is 20.7 Å². The number of nitrogens with zero attached hydrogens (tertiary/aromatic N) is 3. The van der Waals surface area contributed by atoms with E-state index in [1.54, 1.807) is 0 Å². The summed E-state index contributed by atoms with van der Waals surface area (Å²) in [4.78, 5) is 12.0. The number of benzene rings is 1. The third-order valence-corrected chi connectivity index (χ3v) is 4.19. The molecule has 25 heavy (non-hydrogen) atoms. The van der Waals surface area contributed by atoms with Crippen molar-refractivity contribution < 1.29 is 23.2 Å². The van der Waals surface area contributed by atoms with Gasteiger partial charge in [0.2, 0.25) is 17.3 Å². The Morgan fingerprint density at radius 2 is 1.92 bits per heavy atom. The molecule has 2 N–H and O–H groups in total. The van der Waals surface area contributed by atoms with Crippen LogP contribution in [0, 0.1) is 11.6 Å². The summed E-state index contributed by atoms with van der Waals surface area (Å²) >= 11 is 1.22. The van der Waals surface area contributed by atoms with Crippen molar-refractivity contribution in [2.24, 2.45) is 0 Å². The molecule has 0 bridgehead atoms. The van der Waals surface area contributed by atoms with E-state index in [1.165, 1.54) is 23.5 Å². The number of rotatable bonds is 6.